The molecule has 2 fully saturated rings. The molecular formula is C26H39N5O3S2. The summed E-state index contributed by atoms with van der Waals surface area (Å²) in [7, 11) is -3.31. The number of hydrogen-bond donors (Lipinski definition) is 2. The van der Waals surface area contributed by atoms with Gasteiger partial charge < -0.3 is 20.5 Å². The number of rotatable bonds is 9. The summed E-state index contributed by atoms with van der Waals surface area (Å²) >= 11 is 1.82. The fourth-order valence-corrected chi connectivity index (χ4v) is 6.68. The Balaban J connectivity index is 1.34. The lowest BCUT2D eigenvalue weighted by Crippen LogP contribution is -2.49. The second kappa shape index (κ2) is 11.9. The maximum atomic E-state index is 13.3. The number of sulfone groups is 1. The van der Waals surface area contributed by atoms with E-state index in [-0.39, 0.29) is 16.9 Å². The Morgan fingerprint density at radius 3 is 2.44 bits per heavy atom. The predicted octanol–water partition coefficient (Wildman–Crippen LogP) is 3.42. The SMILES string of the molecule is CCSCN(c1ccc(S(C)(=O)=O)cc1N)C1CCN(C(=O)C2CCN(Cc3cc[nH]c3)CC2)CC1. The highest BCUT2D eigenvalue weighted by Crippen LogP contribution is 2.33. The second-order valence-electron chi connectivity index (χ2n) is 9.91. The molecule has 0 unspecified atom stereocenters. The molecule has 10 heteroatoms. The van der Waals surface area contributed by atoms with Crippen molar-refractivity contribution in [2.45, 2.75) is 50.1 Å². The van der Waals surface area contributed by atoms with Crippen LogP contribution < -0.4 is 10.6 Å². The molecule has 3 heterocycles. The number of hydrogen-bond acceptors (Lipinski definition) is 7. The quantitative estimate of drug-likeness (QED) is 0.376. The van der Waals surface area contributed by atoms with Gasteiger partial charge in [-0.1, -0.05) is 6.92 Å². The lowest BCUT2D eigenvalue weighted by molar-refractivity contribution is -0.138. The zero-order valence-electron chi connectivity index (χ0n) is 21.4. The van der Waals surface area contributed by atoms with Crippen molar-refractivity contribution in [1.82, 2.24) is 14.8 Å². The van der Waals surface area contributed by atoms with Crippen molar-refractivity contribution in [2.75, 3.05) is 54.7 Å². The molecule has 1 aromatic carbocycles. The average Bonchev–Trinajstić information content (AvgIpc) is 3.38. The van der Waals surface area contributed by atoms with Gasteiger partial charge >= 0.3 is 0 Å². The number of nitrogen functional groups attached to an aromatic ring is 1. The zero-order valence-corrected chi connectivity index (χ0v) is 23.0. The number of nitrogens with one attached hydrogen (secondary N) is 1. The van der Waals surface area contributed by atoms with Crippen LogP contribution in [-0.4, -0.2) is 79.2 Å². The molecule has 0 bridgehead atoms. The van der Waals surface area contributed by atoms with E-state index in [9.17, 15) is 13.2 Å². The molecule has 2 aromatic rings. The number of aromatic amines is 1. The molecule has 2 aliphatic heterocycles. The zero-order chi connectivity index (χ0) is 25.7. The highest BCUT2D eigenvalue weighted by Gasteiger charge is 2.33. The van der Waals surface area contributed by atoms with E-state index in [1.54, 1.807) is 12.1 Å². The van der Waals surface area contributed by atoms with Crippen molar-refractivity contribution in [2.24, 2.45) is 5.92 Å². The van der Waals surface area contributed by atoms with Crippen molar-refractivity contribution in [3.05, 3.63) is 42.2 Å². The molecule has 0 aliphatic carbocycles. The van der Waals surface area contributed by atoms with Gasteiger partial charge in [-0.25, -0.2) is 8.42 Å². The van der Waals surface area contributed by atoms with Crippen LogP contribution >= 0.6 is 11.8 Å². The molecule has 3 N–H and O–H groups in total. The van der Waals surface area contributed by atoms with Crippen molar-refractivity contribution >= 4 is 38.9 Å². The van der Waals surface area contributed by atoms with E-state index < -0.39 is 9.84 Å². The van der Waals surface area contributed by atoms with E-state index >= 15 is 0 Å². The summed E-state index contributed by atoms with van der Waals surface area (Å²) in [5.74, 6) is 2.20. The number of thioether (sulfide) groups is 1. The molecule has 1 amide bonds. The molecule has 2 aliphatic rings. The molecule has 0 spiro atoms. The van der Waals surface area contributed by atoms with Crippen LogP contribution in [-0.2, 0) is 21.2 Å². The van der Waals surface area contributed by atoms with Crippen LogP contribution in [0.5, 0.6) is 0 Å². The summed E-state index contributed by atoms with van der Waals surface area (Å²) in [6.45, 7) is 6.49. The maximum absolute atomic E-state index is 13.3. The number of amides is 1. The standard InChI is InChI=1S/C26H39N5O3S2/c1-3-35-19-31(25-5-4-23(16-24(25)27)36(2,33)34)22-9-14-30(15-10-22)26(32)21-7-12-29(13-8-21)18-20-6-11-28-17-20/h4-6,11,16-17,21-22,28H,3,7-10,12-15,18-19,27H2,1-2H3. The minimum absolute atomic E-state index is 0.120. The fraction of sp³-hybridized carbons (Fsp3) is 0.577. The van der Waals surface area contributed by atoms with E-state index in [2.05, 4.69) is 32.7 Å². The van der Waals surface area contributed by atoms with E-state index in [1.807, 2.05) is 30.2 Å². The second-order valence-corrected chi connectivity index (χ2v) is 13.2. The first-order valence-electron chi connectivity index (χ1n) is 12.8. The number of nitrogens with two attached hydrogens (primary N) is 1. The maximum Gasteiger partial charge on any atom is 0.225 e. The number of carbonyl (C=O) groups excluding carboxylic acids is 1. The smallest absolute Gasteiger partial charge is 0.225 e. The third kappa shape index (κ3) is 6.58. The van der Waals surface area contributed by atoms with Gasteiger partial charge in [-0.15, -0.1) is 11.8 Å². The minimum Gasteiger partial charge on any atom is -0.397 e. The monoisotopic (exact) mass is 533 g/mol. The normalized spacial score (nSPS) is 18.4. The number of H-pyrrole nitrogens is 1. The number of nitrogens with zero attached hydrogens (tertiary/aromatic N) is 3. The van der Waals surface area contributed by atoms with Crippen molar-refractivity contribution < 1.29 is 13.2 Å². The van der Waals surface area contributed by atoms with E-state index in [1.165, 1.54) is 11.8 Å². The third-order valence-corrected chi connectivity index (χ3v) is 9.37. The highest BCUT2D eigenvalue weighted by molar-refractivity contribution is 7.99. The topological polar surface area (TPSA) is 103 Å². The van der Waals surface area contributed by atoms with Gasteiger partial charge in [-0.3, -0.25) is 9.69 Å². The Hall–Kier alpha value is -2.17. The Morgan fingerprint density at radius 2 is 1.86 bits per heavy atom. The van der Waals surface area contributed by atoms with Crippen LogP contribution in [0.4, 0.5) is 11.4 Å². The van der Waals surface area contributed by atoms with Crippen LogP contribution in [0.3, 0.4) is 0 Å². The Labute approximate surface area is 219 Å². The fourth-order valence-electron chi connectivity index (χ4n) is 5.30. The van der Waals surface area contributed by atoms with Crippen molar-refractivity contribution in [1.29, 1.82) is 0 Å². The summed E-state index contributed by atoms with van der Waals surface area (Å²) < 4.78 is 23.9. The van der Waals surface area contributed by atoms with Gasteiger partial charge in [-0.2, -0.15) is 0 Å². The third-order valence-electron chi connectivity index (χ3n) is 7.39. The molecule has 36 heavy (non-hydrogen) atoms. The largest absolute Gasteiger partial charge is 0.397 e. The van der Waals surface area contributed by atoms with E-state index in [4.69, 9.17) is 5.73 Å². The van der Waals surface area contributed by atoms with Crippen LogP contribution in [0, 0.1) is 5.92 Å². The number of carbonyl (C=O) groups is 1. The highest BCUT2D eigenvalue weighted by atomic mass is 32.2. The number of benzene rings is 1. The summed E-state index contributed by atoms with van der Waals surface area (Å²) in [6, 6.07) is 7.42. The molecule has 0 saturated carbocycles. The molecule has 0 atom stereocenters. The average molecular weight is 534 g/mol. The Kier molecular flexibility index (Phi) is 8.90. The van der Waals surface area contributed by atoms with Crippen LogP contribution in [0.1, 0.15) is 38.2 Å². The van der Waals surface area contributed by atoms with Gasteiger partial charge in [-0.05, 0) is 74.4 Å². The van der Waals surface area contributed by atoms with Crippen LogP contribution in [0.25, 0.3) is 0 Å². The van der Waals surface area contributed by atoms with Crippen LogP contribution in [0.15, 0.2) is 41.6 Å². The molecular weight excluding hydrogens is 494 g/mol. The number of aromatic nitrogens is 1. The van der Waals surface area contributed by atoms with Crippen molar-refractivity contribution in [3.63, 3.8) is 0 Å². The first kappa shape index (κ1) is 26.9. The van der Waals surface area contributed by atoms with E-state index in [0.717, 1.165) is 75.7 Å². The first-order chi connectivity index (χ1) is 17.3. The molecule has 2 saturated heterocycles. The van der Waals surface area contributed by atoms with Gasteiger partial charge in [0, 0.05) is 50.2 Å². The number of anilines is 2. The summed E-state index contributed by atoms with van der Waals surface area (Å²) in [4.78, 5) is 23.4. The van der Waals surface area contributed by atoms with Gasteiger partial charge in [0.1, 0.15) is 0 Å². The lowest BCUT2D eigenvalue weighted by Gasteiger charge is -2.41. The number of piperidine rings is 2. The van der Waals surface area contributed by atoms with Crippen LogP contribution in [0.2, 0.25) is 0 Å². The van der Waals surface area contributed by atoms with E-state index in [0.29, 0.717) is 11.6 Å². The van der Waals surface area contributed by atoms with Crippen molar-refractivity contribution in [3.8, 4) is 0 Å². The molecule has 1 aromatic heterocycles. The molecule has 8 nitrogen and oxygen atoms in total. The Bertz CT molecular complexity index is 1110. The summed E-state index contributed by atoms with van der Waals surface area (Å²) in [5, 5.41) is 0. The minimum atomic E-state index is -3.31. The molecule has 4 rings (SSSR count). The van der Waals surface area contributed by atoms with Gasteiger partial charge in [0.25, 0.3) is 0 Å². The molecule has 198 valence electrons. The van der Waals surface area contributed by atoms with Gasteiger partial charge in [0.2, 0.25) is 5.91 Å². The van der Waals surface area contributed by atoms with Gasteiger partial charge in [0.05, 0.1) is 22.1 Å². The predicted molar refractivity (Wildman–Crippen MR) is 148 cm³/mol. The summed E-state index contributed by atoms with van der Waals surface area (Å²) in [5.41, 5.74) is 8.99. The van der Waals surface area contributed by atoms with Gasteiger partial charge in [0.15, 0.2) is 9.84 Å². The lowest BCUT2D eigenvalue weighted by atomic mass is 9.93. The Morgan fingerprint density at radius 1 is 1.14 bits per heavy atom. The first-order valence-corrected chi connectivity index (χ1v) is 15.9. The molecule has 0 radical (unpaired) electrons. The number of likely N-dealkylation sites (tertiary alicyclic amines) is 2. The summed E-state index contributed by atoms with van der Waals surface area (Å²) in [6.07, 6.45) is 8.81.